The molecule has 0 saturated carbocycles. The predicted octanol–water partition coefficient (Wildman–Crippen LogP) is 1.39. The van der Waals surface area contributed by atoms with Crippen molar-refractivity contribution in [2.75, 3.05) is 20.2 Å². The first-order valence-electron chi connectivity index (χ1n) is 6.98. The molecule has 2 atom stereocenters. The van der Waals surface area contributed by atoms with Crippen molar-refractivity contribution >= 4 is 12.1 Å². The van der Waals surface area contributed by atoms with E-state index in [4.69, 9.17) is 9.47 Å². The number of nitrogens with zero attached hydrogens (tertiary/aromatic N) is 1. The van der Waals surface area contributed by atoms with E-state index in [0.717, 1.165) is 0 Å². The Morgan fingerprint density at radius 2 is 1.90 bits per heavy atom. The van der Waals surface area contributed by atoms with Crippen LogP contribution in [-0.2, 0) is 14.3 Å². The summed E-state index contributed by atoms with van der Waals surface area (Å²) < 4.78 is 10.2. The van der Waals surface area contributed by atoms with Gasteiger partial charge < -0.3 is 19.7 Å². The van der Waals surface area contributed by atoms with Crippen molar-refractivity contribution in [1.82, 2.24) is 10.2 Å². The van der Waals surface area contributed by atoms with Gasteiger partial charge in [-0.2, -0.15) is 0 Å². The predicted molar refractivity (Wildman–Crippen MR) is 75.4 cm³/mol. The molecule has 2 unspecified atom stereocenters. The molecular formula is C14H26N2O4. The summed E-state index contributed by atoms with van der Waals surface area (Å²) in [5.41, 5.74) is -0.551. The molecule has 1 aliphatic heterocycles. The number of methoxy groups -OCH3 is 1. The first kappa shape index (κ1) is 16.8. The van der Waals surface area contributed by atoms with Crippen LogP contribution in [0.25, 0.3) is 0 Å². The lowest BCUT2D eigenvalue weighted by atomic mass is 9.93. The van der Waals surface area contributed by atoms with Gasteiger partial charge in [-0.15, -0.1) is 0 Å². The van der Waals surface area contributed by atoms with Gasteiger partial charge in [0, 0.05) is 13.1 Å². The highest BCUT2D eigenvalue weighted by molar-refractivity contribution is 5.78. The number of hydrogen-bond donors (Lipinski definition) is 1. The van der Waals surface area contributed by atoms with Crippen LogP contribution in [0, 0.1) is 5.92 Å². The number of hydrogen-bond acceptors (Lipinski definition) is 5. The summed E-state index contributed by atoms with van der Waals surface area (Å²) >= 11 is 0. The van der Waals surface area contributed by atoms with E-state index in [-0.39, 0.29) is 24.0 Å². The maximum atomic E-state index is 12.3. The zero-order valence-electron chi connectivity index (χ0n) is 13.2. The molecule has 1 heterocycles. The first-order chi connectivity index (χ1) is 9.17. The maximum Gasteiger partial charge on any atom is 0.410 e. The van der Waals surface area contributed by atoms with Crippen molar-refractivity contribution in [2.45, 2.75) is 52.3 Å². The van der Waals surface area contributed by atoms with Crippen molar-refractivity contribution in [3.63, 3.8) is 0 Å². The summed E-state index contributed by atoms with van der Waals surface area (Å²) in [5.74, 6) is -0.239. The molecule has 0 aromatic carbocycles. The number of ether oxygens (including phenoxy) is 2. The molecule has 1 saturated heterocycles. The third-order valence-corrected chi connectivity index (χ3v) is 3.18. The Morgan fingerprint density at radius 3 is 2.35 bits per heavy atom. The van der Waals surface area contributed by atoms with Crippen LogP contribution < -0.4 is 5.32 Å². The number of carbonyl (C=O) groups excluding carboxylic acids is 2. The Morgan fingerprint density at radius 1 is 1.30 bits per heavy atom. The number of esters is 1. The van der Waals surface area contributed by atoms with Gasteiger partial charge in [0.15, 0.2) is 0 Å². The van der Waals surface area contributed by atoms with E-state index in [1.807, 2.05) is 34.6 Å². The van der Waals surface area contributed by atoms with Crippen LogP contribution in [0.5, 0.6) is 0 Å². The Balaban J connectivity index is 2.93. The topological polar surface area (TPSA) is 67.9 Å². The average Bonchev–Trinajstić information content (AvgIpc) is 2.34. The van der Waals surface area contributed by atoms with Crippen LogP contribution in [0.4, 0.5) is 4.79 Å². The highest BCUT2D eigenvalue weighted by atomic mass is 16.6. The number of nitrogens with one attached hydrogen (secondary N) is 1. The van der Waals surface area contributed by atoms with Crippen molar-refractivity contribution in [3.8, 4) is 0 Å². The molecule has 0 aliphatic carbocycles. The van der Waals surface area contributed by atoms with Crippen LogP contribution in [0.15, 0.2) is 0 Å². The van der Waals surface area contributed by atoms with Crippen LogP contribution in [0.3, 0.4) is 0 Å². The lowest BCUT2D eigenvalue weighted by Gasteiger charge is -2.42. The molecule has 0 aromatic rings. The Hall–Kier alpha value is -1.30. The molecule has 6 nitrogen and oxygen atoms in total. The maximum absolute atomic E-state index is 12.3. The van der Waals surface area contributed by atoms with E-state index in [1.54, 1.807) is 4.90 Å². The smallest absolute Gasteiger partial charge is 0.410 e. The zero-order chi connectivity index (χ0) is 15.5. The molecule has 6 heteroatoms. The second kappa shape index (κ2) is 6.43. The van der Waals surface area contributed by atoms with Crippen molar-refractivity contribution < 1.29 is 19.1 Å². The molecule has 1 rings (SSSR count). The summed E-state index contributed by atoms with van der Waals surface area (Å²) in [7, 11) is 1.35. The summed E-state index contributed by atoms with van der Waals surface area (Å²) in [6.07, 6.45) is -0.383. The minimum Gasteiger partial charge on any atom is -0.468 e. The Kier molecular flexibility index (Phi) is 5.39. The number of piperazine rings is 1. The molecule has 1 amide bonds. The van der Waals surface area contributed by atoms with Crippen LogP contribution in [-0.4, -0.2) is 54.8 Å². The van der Waals surface area contributed by atoms with Crippen molar-refractivity contribution in [2.24, 2.45) is 5.92 Å². The van der Waals surface area contributed by atoms with E-state index < -0.39 is 11.6 Å². The van der Waals surface area contributed by atoms with Gasteiger partial charge in [-0.1, -0.05) is 13.8 Å². The third-order valence-electron chi connectivity index (χ3n) is 3.18. The molecule has 0 aromatic heterocycles. The van der Waals surface area contributed by atoms with Gasteiger partial charge in [-0.25, -0.2) is 4.79 Å². The second-order valence-corrected chi connectivity index (χ2v) is 6.36. The monoisotopic (exact) mass is 286 g/mol. The molecule has 0 bridgehead atoms. The SMILES string of the molecule is COC(=O)C1NCCN(C(=O)OC(C)(C)C)C1C(C)C. The lowest BCUT2D eigenvalue weighted by molar-refractivity contribution is -0.146. The van der Waals surface area contributed by atoms with Gasteiger partial charge in [0.25, 0.3) is 0 Å². The number of amides is 1. The first-order valence-corrected chi connectivity index (χ1v) is 6.98. The standard InChI is InChI=1S/C14H26N2O4/c1-9(2)11-10(12(17)19-6)15-7-8-16(11)13(18)20-14(3,4)5/h9-11,15H,7-8H2,1-6H3. The summed E-state index contributed by atoms with van der Waals surface area (Å²) in [5, 5.41) is 3.12. The molecule has 20 heavy (non-hydrogen) atoms. The average molecular weight is 286 g/mol. The molecule has 1 N–H and O–H groups in total. The molecule has 116 valence electrons. The largest absolute Gasteiger partial charge is 0.468 e. The zero-order valence-corrected chi connectivity index (χ0v) is 13.2. The normalized spacial score (nSPS) is 23.6. The fourth-order valence-electron chi connectivity index (χ4n) is 2.42. The van der Waals surface area contributed by atoms with Crippen molar-refractivity contribution in [1.29, 1.82) is 0 Å². The summed E-state index contributed by atoms with van der Waals surface area (Å²) in [6.45, 7) is 10.5. The fraction of sp³-hybridized carbons (Fsp3) is 0.857. The van der Waals surface area contributed by atoms with Gasteiger partial charge >= 0.3 is 12.1 Å². The minimum absolute atomic E-state index is 0.111. The summed E-state index contributed by atoms with van der Waals surface area (Å²) in [6, 6.07) is -0.785. The number of carbonyl (C=O) groups is 2. The van der Waals surface area contributed by atoms with Crippen LogP contribution >= 0.6 is 0 Å². The van der Waals surface area contributed by atoms with Crippen LogP contribution in [0.2, 0.25) is 0 Å². The highest BCUT2D eigenvalue weighted by Crippen LogP contribution is 2.22. The Bertz CT molecular complexity index is 363. The van der Waals surface area contributed by atoms with Gasteiger partial charge in [0.1, 0.15) is 11.6 Å². The number of rotatable bonds is 2. The third kappa shape index (κ3) is 4.10. The van der Waals surface area contributed by atoms with Crippen LogP contribution in [0.1, 0.15) is 34.6 Å². The van der Waals surface area contributed by atoms with E-state index in [2.05, 4.69) is 5.32 Å². The molecule has 1 fully saturated rings. The molecule has 1 aliphatic rings. The highest BCUT2D eigenvalue weighted by Gasteiger charge is 2.42. The second-order valence-electron chi connectivity index (χ2n) is 6.36. The fourth-order valence-corrected chi connectivity index (χ4v) is 2.42. The van der Waals surface area contributed by atoms with Gasteiger partial charge in [0.05, 0.1) is 13.2 Å². The quantitative estimate of drug-likeness (QED) is 0.777. The minimum atomic E-state index is -0.551. The molecule has 0 radical (unpaired) electrons. The lowest BCUT2D eigenvalue weighted by Crippen LogP contribution is -2.64. The molecule has 0 spiro atoms. The van der Waals surface area contributed by atoms with Gasteiger partial charge in [0.2, 0.25) is 0 Å². The van der Waals surface area contributed by atoms with Crippen molar-refractivity contribution in [3.05, 3.63) is 0 Å². The van der Waals surface area contributed by atoms with E-state index >= 15 is 0 Å². The Labute approximate surface area is 120 Å². The summed E-state index contributed by atoms with van der Waals surface area (Å²) in [4.78, 5) is 25.8. The molecular weight excluding hydrogens is 260 g/mol. The van der Waals surface area contributed by atoms with Gasteiger partial charge in [-0.3, -0.25) is 4.79 Å². The van der Waals surface area contributed by atoms with E-state index in [0.29, 0.717) is 13.1 Å². The van der Waals surface area contributed by atoms with E-state index in [1.165, 1.54) is 7.11 Å². The van der Waals surface area contributed by atoms with Gasteiger partial charge in [-0.05, 0) is 26.7 Å². The van der Waals surface area contributed by atoms with E-state index in [9.17, 15) is 9.59 Å².